The van der Waals surface area contributed by atoms with E-state index in [9.17, 15) is 0 Å². The number of nitrogens with zero attached hydrogens (tertiary/aromatic N) is 2. The Morgan fingerprint density at radius 2 is 1.89 bits per heavy atom. The van der Waals surface area contributed by atoms with E-state index >= 15 is 0 Å². The molecule has 2 rings (SSSR count). The molecule has 0 aromatic heterocycles. The van der Waals surface area contributed by atoms with Crippen molar-refractivity contribution in [3.8, 4) is 0 Å². The Bertz CT molecular complexity index is 238. The molecule has 2 atom stereocenters. The molecule has 1 aliphatic heterocycles. The van der Waals surface area contributed by atoms with Crippen molar-refractivity contribution in [3.05, 3.63) is 0 Å². The number of hydrogen-bond acceptors (Lipinski definition) is 3. The standard InChI is InChI=1S/C15H31N3/c1-4-16-14(11-13-7-5-6-8-13)15-12-17(2)9-10-18(15)3/h13-16H,4-12H2,1-3H3. The highest BCUT2D eigenvalue weighted by Crippen LogP contribution is 2.30. The third-order valence-electron chi connectivity index (χ3n) is 4.89. The van der Waals surface area contributed by atoms with Gasteiger partial charge in [0.25, 0.3) is 0 Å². The molecule has 2 fully saturated rings. The van der Waals surface area contributed by atoms with Gasteiger partial charge in [0, 0.05) is 31.7 Å². The van der Waals surface area contributed by atoms with Crippen molar-refractivity contribution in [2.45, 2.75) is 51.1 Å². The van der Waals surface area contributed by atoms with Gasteiger partial charge in [-0.1, -0.05) is 32.6 Å². The van der Waals surface area contributed by atoms with Crippen molar-refractivity contribution in [3.63, 3.8) is 0 Å². The predicted molar refractivity (Wildman–Crippen MR) is 78.0 cm³/mol. The summed E-state index contributed by atoms with van der Waals surface area (Å²) in [5, 5.41) is 3.76. The minimum Gasteiger partial charge on any atom is -0.313 e. The summed E-state index contributed by atoms with van der Waals surface area (Å²) in [5.41, 5.74) is 0. The highest BCUT2D eigenvalue weighted by Gasteiger charge is 2.31. The molecule has 2 unspecified atom stereocenters. The zero-order valence-corrected chi connectivity index (χ0v) is 12.5. The number of likely N-dealkylation sites (N-methyl/N-ethyl adjacent to an activating group) is 3. The topological polar surface area (TPSA) is 18.5 Å². The summed E-state index contributed by atoms with van der Waals surface area (Å²) in [7, 11) is 4.56. The van der Waals surface area contributed by atoms with E-state index in [1.165, 1.54) is 51.7 Å². The van der Waals surface area contributed by atoms with Crippen LogP contribution in [0.15, 0.2) is 0 Å². The molecule has 1 heterocycles. The maximum absolute atomic E-state index is 3.76. The van der Waals surface area contributed by atoms with Gasteiger partial charge in [0.15, 0.2) is 0 Å². The molecule has 1 aliphatic carbocycles. The highest BCUT2D eigenvalue weighted by molar-refractivity contribution is 4.90. The lowest BCUT2D eigenvalue weighted by molar-refractivity contribution is 0.0809. The first-order chi connectivity index (χ1) is 8.70. The van der Waals surface area contributed by atoms with Crippen LogP contribution in [0.1, 0.15) is 39.0 Å². The summed E-state index contributed by atoms with van der Waals surface area (Å²) in [6.07, 6.45) is 7.24. The van der Waals surface area contributed by atoms with Crippen molar-refractivity contribution in [1.82, 2.24) is 15.1 Å². The Morgan fingerprint density at radius 3 is 2.56 bits per heavy atom. The predicted octanol–water partition coefficient (Wildman–Crippen LogP) is 1.79. The van der Waals surface area contributed by atoms with Crippen LogP contribution in [-0.4, -0.2) is 62.2 Å². The monoisotopic (exact) mass is 253 g/mol. The van der Waals surface area contributed by atoms with E-state index < -0.39 is 0 Å². The summed E-state index contributed by atoms with van der Waals surface area (Å²) in [5.74, 6) is 0.981. The van der Waals surface area contributed by atoms with Crippen LogP contribution < -0.4 is 5.32 Å². The van der Waals surface area contributed by atoms with Crippen LogP contribution in [0.4, 0.5) is 0 Å². The zero-order valence-electron chi connectivity index (χ0n) is 12.5. The Morgan fingerprint density at radius 1 is 1.17 bits per heavy atom. The molecule has 0 radical (unpaired) electrons. The number of hydrogen-bond donors (Lipinski definition) is 1. The Kier molecular flexibility index (Phi) is 5.46. The fraction of sp³-hybridized carbons (Fsp3) is 1.00. The lowest BCUT2D eigenvalue weighted by atomic mass is 9.92. The number of nitrogens with one attached hydrogen (secondary N) is 1. The van der Waals surface area contributed by atoms with Gasteiger partial charge in [0.1, 0.15) is 0 Å². The molecule has 0 amide bonds. The van der Waals surface area contributed by atoms with Crippen molar-refractivity contribution in [1.29, 1.82) is 0 Å². The molecule has 3 nitrogen and oxygen atoms in total. The van der Waals surface area contributed by atoms with Crippen LogP contribution in [0.25, 0.3) is 0 Å². The minimum absolute atomic E-state index is 0.686. The molecule has 2 aliphatic rings. The van der Waals surface area contributed by atoms with Crippen molar-refractivity contribution >= 4 is 0 Å². The van der Waals surface area contributed by atoms with Crippen molar-refractivity contribution < 1.29 is 0 Å². The molecule has 1 N–H and O–H groups in total. The van der Waals surface area contributed by atoms with Gasteiger partial charge in [-0.3, -0.25) is 4.90 Å². The first-order valence-corrected chi connectivity index (χ1v) is 7.83. The second kappa shape index (κ2) is 6.88. The highest BCUT2D eigenvalue weighted by atomic mass is 15.3. The van der Waals surface area contributed by atoms with Crippen LogP contribution in [0.3, 0.4) is 0 Å². The second-order valence-electron chi connectivity index (χ2n) is 6.36. The molecule has 0 aromatic rings. The minimum atomic E-state index is 0.686. The average molecular weight is 253 g/mol. The van der Waals surface area contributed by atoms with Crippen LogP contribution in [0.2, 0.25) is 0 Å². The zero-order chi connectivity index (χ0) is 13.0. The summed E-state index contributed by atoms with van der Waals surface area (Å²) in [6.45, 7) is 7.00. The lowest BCUT2D eigenvalue weighted by Crippen LogP contribution is -2.59. The van der Waals surface area contributed by atoms with E-state index in [-0.39, 0.29) is 0 Å². The third-order valence-corrected chi connectivity index (χ3v) is 4.89. The molecule has 1 saturated heterocycles. The summed E-state index contributed by atoms with van der Waals surface area (Å²) in [4.78, 5) is 5.06. The number of piperazine rings is 1. The quantitative estimate of drug-likeness (QED) is 0.806. The molecular weight excluding hydrogens is 222 g/mol. The van der Waals surface area contributed by atoms with E-state index in [0.717, 1.165) is 12.5 Å². The molecule has 1 saturated carbocycles. The summed E-state index contributed by atoms with van der Waals surface area (Å²) in [6, 6.07) is 1.38. The van der Waals surface area contributed by atoms with Crippen molar-refractivity contribution in [2.24, 2.45) is 5.92 Å². The van der Waals surface area contributed by atoms with Gasteiger partial charge in [-0.25, -0.2) is 0 Å². The Labute approximate surface area is 113 Å². The maximum Gasteiger partial charge on any atom is 0.0374 e. The maximum atomic E-state index is 3.76. The van der Waals surface area contributed by atoms with E-state index in [1.807, 2.05) is 0 Å². The van der Waals surface area contributed by atoms with E-state index in [0.29, 0.717) is 12.1 Å². The summed E-state index contributed by atoms with van der Waals surface area (Å²) < 4.78 is 0. The molecule has 18 heavy (non-hydrogen) atoms. The fourth-order valence-corrected chi connectivity index (χ4v) is 3.72. The fourth-order valence-electron chi connectivity index (χ4n) is 3.72. The molecular formula is C15H31N3. The van der Waals surface area contributed by atoms with Gasteiger partial charge in [0.05, 0.1) is 0 Å². The van der Waals surface area contributed by atoms with E-state index in [1.54, 1.807) is 0 Å². The van der Waals surface area contributed by atoms with Gasteiger partial charge in [-0.15, -0.1) is 0 Å². The van der Waals surface area contributed by atoms with Gasteiger partial charge >= 0.3 is 0 Å². The molecule has 0 spiro atoms. The van der Waals surface area contributed by atoms with Crippen molar-refractivity contribution in [2.75, 3.05) is 40.3 Å². The van der Waals surface area contributed by atoms with Gasteiger partial charge in [0.2, 0.25) is 0 Å². The second-order valence-corrected chi connectivity index (χ2v) is 6.36. The van der Waals surface area contributed by atoms with Crippen LogP contribution in [-0.2, 0) is 0 Å². The van der Waals surface area contributed by atoms with Gasteiger partial charge in [-0.2, -0.15) is 0 Å². The average Bonchev–Trinajstić information content (AvgIpc) is 2.85. The largest absolute Gasteiger partial charge is 0.313 e. The van der Waals surface area contributed by atoms with Crippen LogP contribution >= 0.6 is 0 Å². The lowest BCUT2D eigenvalue weighted by Gasteiger charge is -2.43. The normalized spacial score (nSPS) is 29.8. The Balaban J connectivity index is 1.93. The Hall–Kier alpha value is -0.120. The summed E-state index contributed by atoms with van der Waals surface area (Å²) >= 11 is 0. The van der Waals surface area contributed by atoms with Crippen LogP contribution in [0, 0.1) is 5.92 Å². The molecule has 0 bridgehead atoms. The first kappa shape index (κ1) is 14.3. The molecule has 3 heteroatoms. The molecule has 106 valence electrons. The number of rotatable bonds is 5. The van der Waals surface area contributed by atoms with E-state index in [2.05, 4.69) is 36.1 Å². The third kappa shape index (κ3) is 3.69. The van der Waals surface area contributed by atoms with Gasteiger partial charge in [-0.05, 0) is 33.0 Å². The SMILES string of the molecule is CCNC(CC1CCCC1)C1CN(C)CCN1C. The first-order valence-electron chi connectivity index (χ1n) is 7.83. The van der Waals surface area contributed by atoms with Gasteiger partial charge < -0.3 is 10.2 Å². The molecule has 0 aromatic carbocycles. The smallest absolute Gasteiger partial charge is 0.0374 e. The van der Waals surface area contributed by atoms with E-state index in [4.69, 9.17) is 0 Å². The van der Waals surface area contributed by atoms with Crippen LogP contribution in [0.5, 0.6) is 0 Å².